The van der Waals surface area contributed by atoms with Crippen LogP contribution in [0.3, 0.4) is 0 Å². The molecule has 1 rings (SSSR count). The summed E-state index contributed by atoms with van der Waals surface area (Å²) in [5.74, 6) is 0. The number of aromatic nitrogens is 1. The van der Waals surface area contributed by atoms with Gasteiger partial charge in [-0.2, -0.15) is 0 Å². The highest BCUT2D eigenvalue weighted by atomic mass is 32.1. The first kappa shape index (κ1) is 13.6. The molecule has 0 amide bonds. The number of nitrogens with zero attached hydrogens (tertiary/aromatic N) is 2. The zero-order valence-electron chi connectivity index (χ0n) is 10.7. The number of hydrogen-bond acceptors (Lipinski definition) is 4. The van der Waals surface area contributed by atoms with Gasteiger partial charge in [-0.15, -0.1) is 11.3 Å². The van der Waals surface area contributed by atoms with Crippen LogP contribution in [0.4, 0.5) is 0 Å². The zero-order chi connectivity index (χ0) is 12.0. The van der Waals surface area contributed by atoms with Gasteiger partial charge in [-0.1, -0.05) is 0 Å². The van der Waals surface area contributed by atoms with Gasteiger partial charge in [0.1, 0.15) is 0 Å². The van der Waals surface area contributed by atoms with Gasteiger partial charge in [0, 0.05) is 17.5 Å². The second kappa shape index (κ2) is 6.99. The summed E-state index contributed by atoms with van der Waals surface area (Å²) in [6, 6.07) is 1.01. The summed E-state index contributed by atoms with van der Waals surface area (Å²) in [4.78, 5) is 6.67. The molecule has 0 bridgehead atoms. The molecule has 1 heterocycles. The van der Waals surface area contributed by atoms with Gasteiger partial charge in [0.25, 0.3) is 0 Å². The Hall–Kier alpha value is -0.450. The van der Waals surface area contributed by atoms with Crippen molar-refractivity contribution in [1.29, 1.82) is 0 Å². The molecule has 1 aromatic heterocycles. The number of nitrogens with one attached hydrogen (secondary N) is 1. The molecule has 0 fully saturated rings. The quantitative estimate of drug-likeness (QED) is 0.744. The molecule has 0 radical (unpaired) electrons. The Balaban J connectivity index is 2.12. The topological polar surface area (TPSA) is 28.2 Å². The summed E-state index contributed by atoms with van der Waals surface area (Å²) >= 11 is 1.66. The standard InChI is InChI=1S/C12H23N3S/c1-10(2)15(4)7-5-6-13-11(3)12-8-16-9-14-12/h8-11,13H,5-7H2,1-4H3. The summed E-state index contributed by atoms with van der Waals surface area (Å²) in [5.41, 5.74) is 3.04. The minimum absolute atomic E-state index is 0.371. The average molecular weight is 241 g/mol. The molecule has 1 unspecified atom stereocenters. The van der Waals surface area contributed by atoms with Gasteiger partial charge >= 0.3 is 0 Å². The lowest BCUT2D eigenvalue weighted by molar-refractivity contribution is 0.268. The fourth-order valence-electron chi connectivity index (χ4n) is 1.45. The van der Waals surface area contributed by atoms with Gasteiger partial charge in [-0.3, -0.25) is 0 Å². The van der Waals surface area contributed by atoms with Gasteiger partial charge in [0.2, 0.25) is 0 Å². The van der Waals surface area contributed by atoms with Crippen molar-refractivity contribution in [3.63, 3.8) is 0 Å². The van der Waals surface area contributed by atoms with Gasteiger partial charge in [0.15, 0.2) is 0 Å². The van der Waals surface area contributed by atoms with Crippen LogP contribution in [0.15, 0.2) is 10.9 Å². The first-order valence-electron chi connectivity index (χ1n) is 5.93. The molecule has 1 atom stereocenters. The largest absolute Gasteiger partial charge is 0.309 e. The minimum Gasteiger partial charge on any atom is -0.309 e. The lowest BCUT2D eigenvalue weighted by Crippen LogP contribution is -2.30. The first-order chi connectivity index (χ1) is 7.61. The van der Waals surface area contributed by atoms with Crippen LogP contribution >= 0.6 is 11.3 Å². The van der Waals surface area contributed by atoms with E-state index in [0.29, 0.717) is 12.1 Å². The van der Waals surface area contributed by atoms with E-state index in [4.69, 9.17) is 0 Å². The van der Waals surface area contributed by atoms with E-state index in [9.17, 15) is 0 Å². The maximum absolute atomic E-state index is 4.30. The van der Waals surface area contributed by atoms with Crippen molar-refractivity contribution in [2.45, 2.75) is 39.3 Å². The van der Waals surface area contributed by atoms with E-state index in [0.717, 1.165) is 18.8 Å². The van der Waals surface area contributed by atoms with E-state index in [2.05, 4.69) is 48.4 Å². The Labute approximate surface area is 103 Å². The SMILES string of the molecule is CC(NCCCN(C)C(C)C)c1cscn1. The maximum atomic E-state index is 4.30. The molecule has 0 aliphatic rings. The number of rotatable bonds is 7. The summed E-state index contributed by atoms with van der Waals surface area (Å²) in [6.45, 7) is 8.82. The normalized spacial score (nSPS) is 13.6. The van der Waals surface area contributed by atoms with Gasteiger partial charge in [-0.25, -0.2) is 4.98 Å². The molecule has 16 heavy (non-hydrogen) atoms. The molecular formula is C12H23N3S. The third-order valence-electron chi connectivity index (χ3n) is 2.91. The predicted octanol–water partition coefficient (Wildman–Crippen LogP) is 2.52. The second-order valence-corrected chi connectivity index (χ2v) is 5.24. The molecule has 3 nitrogen and oxygen atoms in total. The molecule has 4 heteroatoms. The Morgan fingerprint density at radius 1 is 1.44 bits per heavy atom. The maximum Gasteiger partial charge on any atom is 0.0795 e. The predicted molar refractivity (Wildman–Crippen MR) is 70.9 cm³/mol. The van der Waals surface area contributed by atoms with Crippen LogP contribution in [-0.4, -0.2) is 36.1 Å². The van der Waals surface area contributed by atoms with Crippen LogP contribution in [0.5, 0.6) is 0 Å². The van der Waals surface area contributed by atoms with E-state index < -0.39 is 0 Å². The molecular weight excluding hydrogens is 218 g/mol. The van der Waals surface area contributed by atoms with Crippen molar-refractivity contribution < 1.29 is 0 Å². The van der Waals surface area contributed by atoms with E-state index in [-0.39, 0.29) is 0 Å². The van der Waals surface area contributed by atoms with E-state index >= 15 is 0 Å². The monoisotopic (exact) mass is 241 g/mol. The van der Waals surface area contributed by atoms with Crippen LogP contribution in [0.1, 0.15) is 38.9 Å². The smallest absolute Gasteiger partial charge is 0.0795 e. The molecule has 92 valence electrons. The third-order valence-corrected chi connectivity index (χ3v) is 3.52. The molecule has 0 aromatic carbocycles. The van der Waals surface area contributed by atoms with Gasteiger partial charge < -0.3 is 10.2 Å². The van der Waals surface area contributed by atoms with Crippen molar-refractivity contribution in [3.8, 4) is 0 Å². The van der Waals surface area contributed by atoms with E-state index in [1.54, 1.807) is 11.3 Å². The molecule has 0 aliphatic carbocycles. The lowest BCUT2D eigenvalue weighted by Gasteiger charge is -2.21. The van der Waals surface area contributed by atoms with Crippen LogP contribution in [-0.2, 0) is 0 Å². The Morgan fingerprint density at radius 2 is 2.19 bits per heavy atom. The second-order valence-electron chi connectivity index (χ2n) is 4.52. The van der Waals surface area contributed by atoms with Crippen molar-refractivity contribution in [2.24, 2.45) is 0 Å². The molecule has 1 aromatic rings. The van der Waals surface area contributed by atoms with Crippen molar-refractivity contribution in [1.82, 2.24) is 15.2 Å². The highest BCUT2D eigenvalue weighted by molar-refractivity contribution is 7.07. The van der Waals surface area contributed by atoms with Crippen LogP contribution in [0.2, 0.25) is 0 Å². The third kappa shape index (κ3) is 4.60. The van der Waals surface area contributed by atoms with Gasteiger partial charge in [0.05, 0.1) is 11.2 Å². The highest BCUT2D eigenvalue weighted by Gasteiger charge is 2.06. The summed E-state index contributed by atoms with van der Waals surface area (Å²) in [7, 11) is 2.18. The summed E-state index contributed by atoms with van der Waals surface area (Å²) in [6.07, 6.45) is 1.18. The van der Waals surface area contributed by atoms with Crippen molar-refractivity contribution >= 4 is 11.3 Å². The van der Waals surface area contributed by atoms with Crippen LogP contribution < -0.4 is 5.32 Å². The zero-order valence-corrected chi connectivity index (χ0v) is 11.5. The summed E-state index contributed by atoms with van der Waals surface area (Å²) in [5, 5.41) is 5.61. The van der Waals surface area contributed by atoms with Crippen LogP contribution in [0.25, 0.3) is 0 Å². The molecule has 0 saturated carbocycles. The minimum atomic E-state index is 0.371. The molecule has 0 saturated heterocycles. The number of hydrogen-bond donors (Lipinski definition) is 1. The van der Waals surface area contributed by atoms with E-state index in [1.807, 2.05) is 5.51 Å². The molecule has 0 aliphatic heterocycles. The van der Waals surface area contributed by atoms with Crippen molar-refractivity contribution in [2.75, 3.05) is 20.1 Å². The molecule has 0 spiro atoms. The van der Waals surface area contributed by atoms with E-state index in [1.165, 1.54) is 6.42 Å². The Morgan fingerprint density at radius 3 is 2.75 bits per heavy atom. The lowest BCUT2D eigenvalue weighted by atomic mass is 10.2. The average Bonchev–Trinajstić information content (AvgIpc) is 2.76. The Bertz CT molecular complexity index is 272. The highest BCUT2D eigenvalue weighted by Crippen LogP contribution is 2.11. The van der Waals surface area contributed by atoms with Crippen molar-refractivity contribution in [3.05, 3.63) is 16.6 Å². The number of thiazole rings is 1. The fourth-order valence-corrected chi connectivity index (χ4v) is 2.09. The fraction of sp³-hybridized carbons (Fsp3) is 0.750. The summed E-state index contributed by atoms with van der Waals surface area (Å²) < 4.78 is 0. The van der Waals surface area contributed by atoms with Crippen LogP contribution in [0, 0.1) is 0 Å². The Kier molecular flexibility index (Phi) is 5.95. The molecule has 1 N–H and O–H groups in total. The van der Waals surface area contributed by atoms with Gasteiger partial charge in [-0.05, 0) is 47.3 Å². The first-order valence-corrected chi connectivity index (χ1v) is 6.87.